The van der Waals surface area contributed by atoms with E-state index in [0.29, 0.717) is 5.82 Å². The number of aliphatic hydroxyl groups is 1. The third kappa shape index (κ3) is 3.33. The molecule has 170 valence electrons. The van der Waals surface area contributed by atoms with Crippen LogP contribution in [0.4, 0.5) is 27.6 Å². The van der Waals surface area contributed by atoms with Crippen molar-refractivity contribution in [3.05, 3.63) is 59.0 Å². The number of hydrogen-bond acceptors (Lipinski definition) is 5. The van der Waals surface area contributed by atoms with Crippen molar-refractivity contribution >= 4 is 16.6 Å². The van der Waals surface area contributed by atoms with E-state index in [9.17, 15) is 32.2 Å². The first-order valence-corrected chi connectivity index (χ1v) is 9.75. The Kier molecular flexibility index (Phi) is 4.85. The molecule has 0 aliphatic heterocycles. The number of alkyl halides is 3. The molecule has 2 atom stereocenters. The molecule has 0 saturated heterocycles. The van der Waals surface area contributed by atoms with Gasteiger partial charge in [0.2, 0.25) is 0 Å². The second-order valence-corrected chi connectivity index (χ2v) is 8.72. The Morgan fingerprint density at radius 2 is 1.84 bits per heavy atom. The van der Waals surface area contributed by atoms with Crippen LogP contribution in [0.2, 0.25) is 0 Å². The van der Waals surface area contributed by atoms with E-state index in [4.69, 9.17) is 0 Å². The number of aromatic nitrogens is 2. The summed E-state index contributed by atoms with van der Waals surface area (Å²) in [6.45, 7) is 4.34. The van der Waals surface area contributed by atoms with Crippen LogP contribution in [0.1, 0.15) is 43.3 Å². The lowest BCUT2D eigenvalue weighted by molar-refractivity contribution is -0.276. The van der Waals surface area contributed by atoms with Gasteiger partial charge in [0, 0.05) is 28.9 Å². The van der Waals surface area contributed by atoms with Crippen molar-refractivity contribution in [3.8, 4) is 5.75 Å². The first-order valence-electron chi connectivity index (χ1n) is 9.75. The topological polar surface area (TPSA) is 78.3 Å². The van der Waals surface area contributed by atoms with Crippen molar-refractivity contribution in [3.63, 3.8) is 0 Å². The standard InChI is InChI=1S/C22H20F5N3O2/c1-10-28-8-13-15(29-10)6-11(23)7-16(13)30-19-12-4-5-14(24)18(31)17(12)20(2,3)9-21(19,32)22(25,26)27/h4-8,19,30-32H,9H2,1-3H3/t19-,21-/m1/s1. The summed E-state index contributed by atoms with van der Waals surface area (Å²) in [5.41, 5.74) is -4.86. The predicted molar refractivity (Wildman–Crippen MR) is 107 cm³/mol. The zero-order valence-electron chi connectivity index (χ0n) is 17.3. The van der Waals surface area contributed by atoms with Gasteiger partial charge in [0.15, 0.2) is 17.2 Å². The number of phenols is 1. The molecule has 0 unspecified atom stereocenters. The summed E-state index contributed by atoms with van der Waals surface area (Å²) in [5, 5.41) is 24.1. The molecular weight excluding hydrogens is 433 g/mol. The molecule has 1 aliphatic carbocycles. The highest BCUT2D eigenvalue weighted by atomic mass is 19.4. The molecule has 3 N–H and O–H groups in total. The largest absolute Gasteiger partial charge is 0.505 e. The van der Waals surface area contributed by atoms with Crippen molar-refractivity contribution in [2.75, 3.05) is 5.32 Å². The van der Waals surface area contributed by atoms with Gasteiger partial charge in [0.25, 0.3) is 0 Å². The van der Waals surface area contributed by atoms with E-state index in [1.54, 1.807) is 6.92 Å². The van der Waals surface area contributed by atoms with Crippen molar-refractivity contribution < 1.29 is 32.2 Å². The average Bonchev–Trinajstić information content (AvgIpc) is 2.65. The lowest BCUT2D eigenvalue weighted by Gasteiger charge is -2.49. The Labute approximate surface area is 179 Å². The number of halogens is 5. The summed E-state index contributed by atoms with van der Waals surface area (Å²) in [6, 6.07) is 2.13. The Balaban J connectivity index is 1.98. The number of nitrogens with zero attached hydrogens (tertiary/aromatic N) is 2. The van der Waals surface area contributed by atoms with Gasteiger partial charge in [-0.05, 0) is 36.5 Å². The number of rotatable bonds is 2. The summed E-state index contributed by atoms with van der Waals surface area (Å²) in [4.78, 5) is 8.12. The van der Waals surface area contributed by atoms with Crippen LogP contribution in [0.3, 0.4) is 0 Å². The molecule has 1 aliphatic rings. The third-order valence-electron chi connectivity index (χ3n) is 5.91. The second kappa shape index (κ2) is 6.99. The van der Waals surface area contributed by atoms with Crippen LogP contribution in [0.25, 0.3) is 10.9 Å². The van der Waals surface area contributed by atoms with E-state index in [-0.39, 0.29) is 27.7 Å². The van der Waals surface area contributed by atoms with Crippen LogP contribution >= 0.6 is 0 Å². The van der Waals surface area contributed by atoms with Gasteiger partial charge in [-0.25, -0.2) is 18.7 Å². The summed E-state index contributed by atoms with van der Waals surface area (Å²) in [6.07, 6.45) is -4.63. The summed E-state index contributed by atoms with van der Waals surface area (Å²) >= 11 is 0. The Bertz CT molecular complexity index is 1220. The summed E-state index contributed by atoms with van der Waals surface area (Å²) < 4.78 is 71.0. The first-order chi connectivity index (χ1) is 14.7. The van der Waals surface area contributed by atoms with Crippen LogP contribution in [0.15, 0.2) is 30.5 Å². The zero-order valence-corrected chi connectivity index (χ0v) is 17.3. The van der Waals surface area contributed by atoms with E-state index < -0.39 is 47.0 Å². The van der Waals surface area contributed by atoms with Crippen LogP contribution in [-0.4, -0.2) is 32.0 Å². The molecule has 32 heavy (non-hydrogen) atoms. The lowest BCUT2D eigenvalue weighted by Crippen LogP contribution is -2.58. The Hall–Kier alpha value is -3.01. The van der Waals surface area contributed by atoms with Crippen molar-refractivity contribution in [2.45, 2.75) is 50.4 Å². The monoisotopic (exact) mass is 453 g/mol. The second-order valence-electron chi connectivity index (χ2n) is 8.72. The van der Waals surface area contributed by atoms with Crippen LogP contribution in [0, 0.1) is 18.6 Å². The van der Waals surface area contributed by atoms with E-state index in [2.05, 4.69) is 15.3 Å². The van der Waals surface area contributed by atoms with Crippen molar-refractivity contribution in [1.82, 2.24) is 9.97 Å². The maximum absolute atomic E-state index is 14.3. The van der Waals surface area contributed by atoms with Gasteiger partial charge in [-0.2, -0.15) is 13.2 Å². The first kappa shape index (κ1) is 22.2. The van der Waals surface area contributed by atoms with E-state index in [1.165, 1.54) is 20.0 Å². The molecule has 0 bridgehead atoms. The molecule has 2 aromatic carbocycles. The Morgan fingerprint density at radius 3 is 2.50 bits per heavy atom. The van der Waals surface area contributed by atoms with E-state index in [0.717, 1.165) is 24.3 Å². The minimum absolute atomic E-state index is 0.0586. The van der Waals surface area contributed by atoms with Gasteiger partial charge < -0.3 is 15.5 Å². The van der Waals surface area contributed by atoms with Gasteiger partial charge in [-0.1, -0.05) is 19.9 Å². The minimum Gasteiger partial charge on any atom is -0.505 e. The molecule has 1 aromatic heterocycles. The lowest BCUT2D eigenvalue weighted by atomic mass is 9.63. The van der Waals surface area contributed by atoms with Crippen LogP contribution < -0.4 is 5.32 Å². The SMILES string of the molecule is Cc1ncc2c(N[C@@H]3c4ccc(F)c(O)c4C(C)(C)C[C@]3(O)C(F)(F)F)cc(F)cc2n1. The number of aromatic hydroxyl groups is 1. The molecule has 10 heteroatoms. The Morgan fingerprint density at radius 1 is 1.16 bits per heavy atom. The molecule has 0 amide bonds. The number of anilines is 1. The number of benzene rings is 2. The van der Waals surface area contributed by atoms with Crippen molar-refractivity contribution in [1.29, 1.82) is 0 Å². The fourth-order valence-corrected chi connectivity index (χ4v) is 4.58. The summed E-state index contributed by atoms with van der Waals surface area (Å²) in [7, 11) is 0. The quantitative estimate of drug-likeness (QED) is 0.474. The van der Waals surface area contributed by atoms with Crippen molar-refractivity contribution in [2.24, 2.45) is 0 Å². The smallest absolute Gasteiger partial charge is 0.419 e. The molecule has 5 nitrogen and oxygen atoms in total. The van der Waals surface area contributed by atoms with Gasteiger partial charge in [0.05, 0.1) is 11.6 Å². The van der Waals surface area contributed by atoms with Crippen LogP contribution in [0.5, 0.6) is 5.75 Å². The van der Waals surface area contributed by atoms with E-state index in [1.807, 2.05) is 0 Å². The fraction of sp³-hybridized carbons (Fsp3) is 0.364. The van der Waals surface area contributed by atoms with Gasteiger partial charge in [-0.15, -0.1) is 0 Å². The minimum atomic E-state index is -5.10. The highest BCUT2D eigenvalue weighted by Gasteiger charge is 2.64. The highest BCUT2D eigenvalue weighted by Crippen LogP contribution is 2.56. The van der Waals surface area contributed by atoms with Gasteiger partial charge in [0.1, 0.15) is 11.6 Å². The molecule has 0 fully saturated rings. The number of phenolic OH excluding ortho intramolecular Hbond substituents is 1. The van der Waals surface area contributed by atoms with E-state index >= 15 is 0 Å². The normalized spacial score (nSPS) is 22.6. The molecular formula is C22H20F5N3O2. The molecule has 3 aromatic rings. The zero-order chi connectivity index (χ0) is 23.6. The number of aryl methyl sites for hydroxylation is 1. The fourth-order valence-electron chi connectivity index (χ4n) is 4.58. The molecule has 4 rings (SSSR count). The maximum atomic E-state index is 14.3. The average molecular weight is 453 g/mol. The van der Waals surface area contributed by atoms with Crippen LogP contribution in [-0.2, 0) is 5.41 Å². The molecule has 0 radical (unpaired) electrons. The third-order valence-corrected chi connectivity index (χ3v) is 5.91. The molecule has 1 heterocycles. The molecule has 0 saturated carbocycles. The summed E-state index contributed by atoms with van der Waals surface area (Å²) in [5.74, 6) is -2.20. The number of fused-ring (bicyclic) bond motifs is 2. The van der Waals surface area contributed by atoms with Gasteiger partial charge in [-0.3, -0.25) is 0 Å². The number of hydrogen-bond donors (Lipinski definition) is 3. The highest BCUT2D eigenvalue weighted by molar-refractivity contribution is 5.91. The predicted octanol–water partition coefficient (Wildman–Crippen LogP) is 5.05. The van der Waals surface area contributed by atoms with Gasteiger partial charge >= 0.3 is 6.18 Å². The number of nitrogens with one attached hydrogen (secondary N) is 1. The molecule has 0 spiro atoms. The maximum Gasteiger partial charge on any atom is 0.419 e.